The van der Waals surface area contributed by atoms with Crippen LogP contribution in [0.3, 0.4) is 0 Å². The third kappa shape index (κ3) is 2.93. The zero-order valence-electron chi connectivity index (χ0n) is 9.80. The van der Waals surface area contributed by atoms with Gasteiger partial charge < -0.3 is 9.88 Å². The van der Waals surface area contributed by atoms with Crippen LogP contribution in [0.2, 0.25) is 0 Å². The second kappa shape index (κ2) is 5.27. The third-order valence-corrected chi connectivity index (χ3v) is 3.93. The molecule has 0 fully saturated rings. The van der Waals surface area contributed by atoms with Gasteiger partial charge in [-0.05, 0) is 68.6 Å². The molecule has 0 aliphatic heterocycles. The molecular weight excluding hydrogens is 344 g/mol. The first-order chi connectivity index (χ1) is 8.08. The van der Waals surface area contributed by atoms with Crippen molar-refractivity contribution in [2.75, 3.05) is 5.32 Å². The molecule has 0 amide bonds. The van der Waals surface area contributed by atoms with Crippen LogP contribution in [0.5, 0.6) is 0 Å². The van der Waals surface area contributed by atoms with Crippen molar-refractivity contribution in [3.8, 4) is 0 Å². The van der Waals surface area contributed by atoms with Crippen LogP contribution in [0.1, 0.15) is 11.3 Å². The average Bonchev–Trinajstić information content (AvgIpc) is 2.62. The fraction of sp³-hybridized carbons (Fsp3) is 0.231. The number of aromatic nitrogens is 1. The van der Waals surface area contributed by atoms with E-state index in [0.29, 0.717) is 0 Å². The van der Waals surface area contributed by atoms with E-state index in [1.54, 1.807) is 0 Å². The number of hydrogen-bond acceptors (Lipinski definition) is 1. The molecule has 2 rings (SSSR count). The van der Waals surface area contributed by atoms with Crippen LogP contribution < -0.4 is 5.32 Å². The number of nitrogens with zero attached hydrogens (tertiary/aromatic N) is 1. The molecule has 4 heteroatoms. The zero-order chi connectivity index (χ0) is 12.4. The molecule has 0 bridgehead atoms. The number of nitrogens with one attached hydrogen (secondary N) is 1. The predicted octanol–water partition coefficient (Wildman–Crippen LogP) is 4.47. The first-order valence-corrected chi connectivity index (χ1v) is 6.96. The Morgan fingerprint density at radius 1 is 1.24 bits per heavy atom. The fourth-order valence-corrected chi connectivity index (χ4v) is 3.42. The van der Waals surface area contributed by atoms with E-state index in [9.17, 15) is 0 Å². The number of rotatable bonds is 3. The van der Waals surface area contributed by atoms with Crippen molar-refractivity contribution in [2.45, 2.75) is 13.5 Å². The molecular formula is C13H14Br2N2. The second-order valence-electron chi connectivity index (χ2n) is 4.07. The highest BCUT2D eigenvalue weighted by Crippen LogP contribution is 2.32. The van der Waals surface area contributed by atoms with Crippen LogP contribution in [-0.2, 0) is 13.6 Å². The molecule has 0 unspecified atom stereocenters. The maximum absolute atomic E-state index is 3.58. The minimum atomic E-state index is 0.809. The van der Waals surface area contributed by atoms with Crippen LogP contribution in [0, 0.1) is 6.92 Å². The second-order valence-corrected chi connectivity index (χ2v) is 5.78. The van der Waals surface area contributed by atoms with Gasteiger partial charge in [-0.25, -0.2) is 0 Å². The van der Waals surface area contributed by atoms with Crippen molar-refractivity contribution < 1.29 is 0 Å². The van der Waals surface area contributed by atoms with E-state index >= 15 is 0 Å². The van der Waals surface area contributed by atoms with Crippen molar-refractivity contribution in [3.63, 3.8) is 0 Å². The normalized spacial score (nSPS) is 10.6. The van der Waals surface area contributed by atoms with Crippen LogP contribution >= 0.6 is 31.9 Å². The highest BCUT2D eigenvalue weighted by Gasteiger charge is 2.06. The molecule has 2 nitrogen and oxygen atoms in total. The maximum Gasteiger partial charge on any atom is 0.0632 e. The largest absolute Gasteiger partial charge is 0.378 e. The first-order valence-electron chi connectivity index (χ1n) is 5.37. The van der Waals surface area contributed by atoms with E-state index in [1.807, 2.05) is 0 Å². The van der Waals surface area contributed by atoms with Gasteiger partial charge in [-0.3, -0.25) is 0 Å². The molecule has 90 valence electrons. The zero-order valence-corrected chi connectivity index (χ0v) is 13.0. The third-order valence-electron chi connectivity index (χ3n) is 2.68. The quantitative estimate of drug-likeness (QED) is 0.857. The monoisotopic (exact) mass is 356 g/mol. The molecule has 0 aliphatic carbocycles. The molecule has 0 radical (unpaired) electrons. The molecule has 0 saturated heterocycles. The summed E-state index contributed by atoms with van der Waals surface area (Å²) < 4.78 is 4.28. The summed E-state index contributed by atoms with van der Waals surface area (Å²) >= 11 is 7.16. The van der Waals surface area contributed by atoms with Crippen molar-refractivity contribution in [1.29, 1.82) is 0 Å². The van der Waals surface area contributed by atoms with E-state index < -0.39 is 0 Å². The molecule has 1 aromatic heterocycles. The van der Waals surface area contributed by atoms with Gasteiger partial charge >= 0.3 is 0 Å². The summed E-state index contributed by atoms with van der Waals surface area (Å²) in [5.74, 6) is 0. The highest BCUT2D eigenvalue weighted by molar-refractivity contribution is 9.11. The summed E-state index contributed by atoms with van der Waals surface area (Å²) in [6.45, 7) is 2.89. The Labute approximate surface area is 118 Å². The molecule has 0 saturated carbocycles. The number of halogens is 2. The lowest BCUT2D eigenvalue weighted by Gasteiger charge is -2.12. The number of hydrogen-bond donors (Lipinski definition) is 1. The van der Waals surface area contributed by atoms with Crippen LogP contribution in [0.25, 0.3) is 0 Å². The number of benzene rings is 1. The van der Waals surface area contributed by atoms with Gasteiger partial charge in [0.05, 0.1) is 12.2 Å². The molecule has 2 aromatic rings. The molecule has 1 heterocycles. The Balaban J connectivity index is 2.17. The minimum absolute atomic E-state index is 0.809. The Bertz CT molecular complexity index is 509. The highest BCUT2D eigenvalue weighted by atomic mass is 79.9. The Hall–Kier alpha value is -0.740. The lowest BCUT2D eigenvalue weighted by atomic mass is 10.2. The smallest absolute Gasteiger partial charge is 0.0632 e. The summed E-state index contributed by atoms with van der Waals surface area (Å²) in [6, 6.07) is 8.38. The standard InChI is InChI=1S/C13H14Br2N2/c1-9-6-11(14)13(12(15)7-9)16-8-10-4-3-5-17(10)2/h3-7,16H,8H2,1-2H3. The Morgan fingerprint density at radius 2 is 1.88 bits per heavy atom. The van der Waals surface area contributed by atoms with Gasteiger partial charge in [0.1, 0.15) is 0 Å². The predicted molar refractivity (Wildman–Crippen MR) is 79.3 cm³/mol. The maximum atomic E-state index is 3.58. The van der Waals surface area contributed by atoms with Gasteiger partial charge in [-0.15, -0.1) is 0 Å². The van der Waals surface area contributed by atoms with Gasteiger partial charge in [-0.2, -0.15) is 0 Å². The lowest BCUT2D eigenvalue weighted by molar-refractivity contribution is 0.842. The molecule has 1 N–H and O–H groups in total. The SMILES string of the molecule is Cc1cc(Br)c(NCc2cccn2C)c(Br)c1. The Kier molecular flexibility index (Phi) is 3.94. The van der Waals surface area contributed by atoms with Gasteiger partial charge in [0, 0.05) is 27.9 Å². The van der Waals surface area contributed by atoms with E-state index in [-0.39, 0.29) is 0 Å². The molecule has 1 aromatic carbocycles. The van der Waals surface area contributed by atoms with Gasteiger partial charge in [-0.1, -0.05) is 0 Å². The number of anilines is 1. The summed E-state index contributed by atoms with van der Waals surface area (Å²) in [5, 5.41) is 3.44. The van der Waals surface area contributed by atoms with E-state index in [0.717, 1.165) is 21.2 Å². The molecule has 0 spiro atoms. The van der Waals surface area contributed by atoms with E-state index in [4.69, 9.17) is 0 Å². The Morgan fingerprint density at radius 3 is 2.41 bits per heavy atom. The molecule has 0 atom stereocenters. The molecule has 17 heavy (non-hydrogen) atoms. The fourth-order valence-electron chi connectivity index (χ4n) is 1.73. The van der Waals surface area contributed by atoms with Crippen molar-refractivity contribution >= 4 is 37.5 Å². The summed E-state index contributed by atoms with van der Waals surface area (Å²) in [7, 11) is 2.05. The minimum Gasteiger partial charge on any atom is -0.378 e. The van der Waals surface area contributed by atoms with Gasteiger partial charge in [0.15, 0.2) is 0 Å². The lowest BCUT2D eigenvalue weighted by Crippen LogP contribution is -2.05. The summed E-state index contributed by atoms with van der Waals surface area (Å²) in [4.78, 5) is 0. The van der Waals surface area contributed by atoms with E-state index in [2.05, 4.69) is 86.2 Å². The van der Waals surface area contributed by atoms with Crippen LogP contribution in [0.15, 0.2) is 39.4 Å². The summed E-state index contributed by atoms with van der Waals surface area (Å²) in [5.41, 5.74) is 3.58. The summed E-state index contributed by atoms with van der Waals surface area (Å²) in [6.07, 6.45) is 2.05. The van der Waals surface area contributed by atoms with Crippen molar-refractivity contribution in [1.82, 2.24) is 4.57 Å². The van der Waals surface area contributed by atoms with Crippen molar-refractivity contribution in [3.05, 3.63) is 50.7 Å². The molecule has 0 aliphatic rings. The van der Waals surface area contributed by atoms with Gasteiger partial charge in [0.25, 0.3) is 0 Å². The van der Waals surface area contributed by atoms with Crippen molar-refractivity contribution in [2.24, 2.45) is 7.05 Å². The average molecular weight is 358 g/mol. The number of aryl methyl sites for hydroxylation is 2. The van der Waals surface area contributed by atoms with Crippen LogP contribution in [-0.4, -0.2) is 4.57 Å². The topological polar surface area (TPSA) is 17.0 Å². The van der Waals surface area contributed by atoms with E-state index in [1.165, 1.54) is 11.3 Å². The first kappa shape index (κ1) is 12.7. The van der Waals surface area contributed by atoms with Crippen LogP contribution in [0.4, 0.5) is 5.69 Å². The van der Waals surface area contributed by atoms with Gasteiger partial charge in [0.2, 0.25) is 0 Å².